The zero-order valence-corrected chi connectivity index (χ0v) is 23.6. The molecular weight excluding hydrogens is 585 g/mol. The van der Waals surface area contributed by atoms with Crippen LogP contribution in [0.4, 0.5) is 22.0 Å². The molecule has 1 unspecified atom stereocenters. The van der Waals surface area contributed by atoms with Crippen molar-refractivity contribution >= 4 is 5.97 Å². The van der Waals surface area contributed by atoms with Crippen molar-refractivity contribution in [2.45, 2.75) is 38.9 Å². The summed E-state index contributed by atoms with van der Waals surface area (Å²) in [5.74, 6) is -2.83. The number of rotatable bonds is 10. The van der Waals surface area contributed by atoms with Gasteiger partial charge in [-0.15, -0.1) is 0 Å². The molecule has 0 N–H and O–H groups in total. The summed E-state index contributed by atoms with van der Waals surface area (Å²) in [6.07, 6.45) is 0.490. The van der Waals surface area contributed by atoms with Crippen LogP contribution in [0, 0.1) is 11.6 Å². The highest BCUT2D eigenvalue weighted by atomic mass is 19.4. The third-order valence-electron chi connectivity index (χ3n) is 6.56. The summed E-state index contributed by atoms with van der Waals surface area (Å²) >= 11 is 0. The second-order valence-electron chi connectivity index (χ2n) is 9.77. The quantitative estimate of drug-likeness (QED) is 0.123. The first-order valence-electron chi connectivity index (χ1n) is 13.7. The maximum atomic E-state index is 14.4. The number of imidazole rings is 1. The summed E-state index contributed by atoms with van der Waals surface area (Å²) in [6, 6.07) is 8.96. The zero-order chi connectivity index (χ0) is 31.4. The Morgan fingerprint density at radius 3 is 2.39 bits per heavy atom. The van der Waals surface area contributed by atoms with E-state index in [0.29, 0.717) is 12.8 Å². The van der Waals surface area contributed by atoms with Crippen LogP contribution in [0.15, 0.2) is 67.1 Å². The number of nitrogens with zero attached hydrogens (tertiary/aromatic N) is 5. The number of esters is 1. The standard InChI is InChI=1S/C31H26F5N5O3/c1-3-12-43-19-9-10-20(22(14-19)31(34,35)36)24-11-8-18(15-37-24)28(30(42)44-13-4-2)41-17-26-25(16-38-41)39-29(40-26)21-6-5-7-23(32)27(21)33/h5-11,14-17,28H,3-4,12-13H2,1-2H3. The summed E-state index contributed by atoms with van der Waals surface area (Å²) in [6.45, 7) is 4.06. The lowest BCUT2D eigenvalue weighted by Crippen LogP contribution is -2.25. The Morgan fingerprint density at radius 1 is 0.909 bits per heavy atom. The smallest absolute Gasteiger partial charge is 0.417 e. The Labute approximate surface area is 248 Å². The van der Waals surface area contributed by atoms with Crippen LogP contribution in [0.3, 0.4) is 0 Å². The molecule has 3 aromatic rings. The van der Waals surface area contributed by atoms with Crippen LogP contribution in [0.1, 0.15) is 43.9 Å². The number of carbonyl (C=O) groups is 1. The number of halogens is 5. The molecule has 8 nitrogen and oxygen atoms in total. The first-order chi connectivity index (χ1) is 21.1. The molecule has 3 heterocycles. The van der Waals surface area contributed by atoms with E-state index in [2.05, 4.69) is 20.1 Å². The molecule has 2 aliphatic rings. The van der Waals surface area contributed by atoms with E-state index in [0.717, 1.165) is 12.1 Å². The lowest BCUT2D eigenvalue weighted by atomic mass is 10.0. The monoisotopic (exact) mass is 611 g/mol. The van der Waals surface area contributed by atoms with E-state index >= 15 is 0 Å². The first kappa shape index (κ1) is 30.5. The van der Waals surface area contributed by atoms with Crippen LogP contribution in [0.5, 0.6) is 5.75 Å². The predicted molar refractivity (Wildman–Crippen MR) is 150 cm³/mol. The van der Waals surface area contributed by atoms with E-state index in [9.17, 15) is 26.7 Å². The summed E-state index contributed by atoms with van der Waals surface area (Å²) < 4.78 is 82.1. The van der Waals surface area contributed by atoms with Crippen LogP contribution < -0.4 is 4.74 Å². The van der Waals surface area contributed by atoms with Crippen LogP contribution in [0.25, 0.3) is 34.0 Å². The Balaban J connectivity index is 1.52. The molecule has 5 rings (SSSR count). The minimum Gasteiger partial charge on any atom is -0.494 e. The van der Waals surface area contributed by atoms with Crippen molar-refractivity contribution in [1.29, 1.82) is 0 Å². The van der Waals surface area contributed by atoms with Gasteiger partial charge in [0.1, 0.15) is 17.1 Å². The van der Waals surface area contributed by atoms with Gasteiger partial charge in [0.25, 0.3) is 0 Å². The van der Waals surface area contributed by atoms with Gasteiger partial charge < -0.3 is 9.47 Å². The Bertz CT molecular complexity index is 1740. The second kappa shape index (κ2) is 12.7. The van der Waals surface area contributed by atoms with Crippen molar-refractivity contribution < 1.29 is 36.2 Å². The Kier molecular flexibility index (Phi) is 8.83. The SMILES string of the molecule is CCCOC(=O)C(c1ccc(-c2ccc(OCCC)cc2C(F)(F)F)nc1)n1cc2nc(-c3cccc(F)c3F)nc-2cn1. The maximum absolute atomic E-state index is 14.4. The van der Waals surface area contributed by atoms with Crippen molar-refractivity contribution in [2.75, 3.05) is 13.2 Å². The number of hydrogen-bond acceptors (Lipinski definition) is 7. The zero-order valence-electron chi connectivity index (χ0n) is 23.6. The first-order valence-corrected chi connectivity index (χ1v) is 13.7. The molecule has 2 aromatic carbocycles. The second-order valence-corrected chi connectivity index (χ2v) is 9.77. The molecule has 1 atom stereocenters. The number of pyridine rings is 1. The van der Waals surface area contributed by atoms with Crippen molar-refractivity contribution in [1.82, 2.24) is 24.7 Å². The van der Waals surface area contributed by atoms with Crippen molar-refractivity contribution in [3.63, 3.8) is 0 Å². The van der Waals surface area contributed by atoms with E-state index < -0.39 is 35.4 Å². The Hall–Kier alpha value is -4.94. The van der Waals surface area contributed by atoms with Crippen molar-refractivity contribution in [2.24, 2.45) is 0 Å². The van der Waals surface area contributed by atoms with E-state index in [4.69, 9.17) is 9.47 Å². The van der Waals surface area contributed by atoms with Crippen LogP contribution in [-0.2, 0) is 15.7 Å². The normalized spacial score (nSPS) is 12.3. The molecule has 2 aliphatic heterocycles. The molecule has 228 valence electrons. The van der Waals surface area contributed by atoms with Gasteiger partial charge in [-0.3, -0.25) is 9.67 Å². The van der Waals surface area contributed by atoms with E-state index in [1.54, 1.807) is 0 Å². The van der Waals surface area contributed by atoms with Gasteiger partial charge in [0.05, 0.1) is 42.4 Å². The van der Waals surface area contributed by atoms with Gasteiger partial charge in [-0.05, 0) is 49.2 Å². The third kappa shape index (κ3) is 6.36. The molecule has 44 heavy (non-hydrogen) atoms. The highest BCUT2D eigenvalue weighted by Gasteiger charge is 2.35. The molecule has 0 spiro atoms. The summed E-state index contributed by atoms with van der Waals surface area (Å²) in [7, 11) is 0. The molecule has 0 bridgehead atoms. The van der Waals surface area contributed by atoms with Crippen LogP contribution >= 0.6 is 0 Å². The summed E-state index contributed by atoms with van der Waals surface area (Å²) in [5.41, 5.74) is -0.409. The molecule has 0 aliphatic carbocycles. The number of benzene rings is 2. The largest absolute Gasteiger partial charge is 0.494 e. The lowest BCUT2D eigenvalue weighted by Gasteiger charge is -2.19. The topological polar surface area (TPSA) is 92.0 Å². The van der Waals surface area contributed by atoms with Crippen LogP contribution in [0.2, 0.25) is 0 Å². The fourth-order valence-corrected chi connectivity index (χ4v) is 4.47. The van der Waals surface area contributed by atoms with Gasteiger partial charge in [-0.2, -0.15) is 18.3 Å². The highest BCUT2D eigenvalue weighted by molar-refractivity contribution is 5.78. The van der Waals surface area contributed by atoms with E-state index in [1.807, 2.05) is 13.8 Å². The molecule has 0 saturated carbocycles. The predicted octanol–water partition coefficient (Wildman–Crippen LogP) is 7.14. The average Bonchev–Trinajstić information content (AvgIpc) is 3.43. The number of ether oxygens (including phenoxy) is 2. The molecular formula is C31H26F5N5O3. The van der Waals surface area contributed by atoms with Crippen LogP contribution in [-0.4, -0.2) is 43.9 Å². The van der Waals surface area contributed by atoms with E-state index in [1.165, 1.54) is 59.7 Å². The fraction of sp³-hybridized carbons (Fsp3) is 0.258. The Morgan fingerprint density at radius 2 is 1.68 bits per heavy atom. The number of carbonyl (C=O) groups excluding carboxylic acids is 1. The molecule has 13 heteroatoms. The minimum atomic E-state index is -4.67. The molecule has 1 aromatic heterocycles. The summed E-state index contributed by atoms with van der Waals surface area (Å²) in [4.78, 5) is 26.0. The van der Waals surface area contributed by atoms with Crippen molar-refractivity contribution in [3.8, 4) is 39.8 Å². The van der Waals surface area contributed by atoms with Gasteiger partial charge in [0, 0.05) is 17.3 Å². The molecule has 0 saturated heterocycles. The number of fused-ring (bicyclic) bond motifs is 1. The van der Waals surface area contributed by atoms with Gasteiger partial charge >= 0.3 is 12.1 Å². The third-order valence-corrected chi connectivity index (χ3v) is 6.56. The average molecular weight is 612 g/mol. The number of aromatic nitrogens is 5. The summed E-state index contributed by atoms with van der Waals surface area (Å²) in [5, 5.41) is 4.28. The fourth-order valence-electron chi connectivity index (χ4n) is 4.47. The highest BCUT2D eigenvalue weighted by Crippen LogP contribution is 2.39. The number of alkyl halides is 3. The van der Waals surface area contributed by atoms with Gasteiger partial charge in [-0.1, -0.05) is 26.0 Å². The van der Waals surface area contributed by atoms with Crippen molar-refractivity contribution in [3.05, 3.63) is 89.9 Å². The molecule has 0 amide bonds. The lowest BCUT2D eigenvalue weighted by molar-refractivity contribution is -0.146. The maximum Gasteiger partial charge on any atom is 0.417 e. The molecule has 0 radical (unpaired) electrons. The minimum absolute atomic E-state index is 0.0286. The van der Waals surface area contributed by atoms with Gasteiger partial charge in [0.2, 0.25) is 0 Å². The van der Waals surface area contributed by atoms with E-state index in [-0.39, 0.29) is 58.6 Å². The van der Waals surface area contributed by atoms with Gasteiger partial charge in [0.15, 0.2) is 23.5 Å². The van der Waals surface area contributed by atoms with Gasteiger partial charge in [-0.25, -0.2) is 23.5 Å². The number of hydrogen-bond donors (Lipinski definition) is 0. The molecule has 0 fully saturated rings.